The minimum atomic E-state index is -0.346. The van der Waals surface area contributed by atoms with Crippen LogP contribution < -0.4 is 0 Å². The van der Waals surface area contributed by atoms with Gasteiger partial charge in [0.1, 0.15) is 11.5 Å². The molecule has 8 nitrogen and oxygen atoms in total. The fourth-order valence-electron chi connectivity index (χ4n) is 4.45. The molecular weight excluding hydrogens is 425 g/mol. The van der Waals surface area contributed by atoms with E-state index in [0.29, 0.717) is 48.4 Å². The number of ether oxygens (including phenoxy) is 1. The Labute approximate surface area is 191 Å². The van der Waals surface area contributed by atoms with Crippen LogP contribution in [0.15, 0.2) is 24.3 Å². The Balaban J connectivity index is 1.35. The standard InChI is InChI=1S/C24H28FN5O3/c1-14(2)33-13-24(7-8-24)29(3)23(32)21-17-12-30(9-6-19(17)27-28-21)22(31)20-11-15-10-16(25)4-5-18(15)26-20/h4-5,10-11,14,26H,6-9,12-13H2,1-3H3,(H,27,28). The summed E-state index contributed by atoms with van der Waals surface area (Å²) >= 11 is 0. The number of carbonyl (C=O) groups is 2. The molecule has 2 aliphatic rings. The Bertz CT molecular complexity index is 1230. The topological polar surface area (TPSA) is 94.3 Å². The third kappa shape index (κ3) is 3.90. The summed E-state index contributed by atoms with van der Waals surface area (Å²) in [7, 11) is 1.80. The molecule has 0 atom stereocenters. The molecule has 1 saturated carbocycles. The van der Waals surface area contributed by atoms with E-state index in [1.807, 2.05) is 13.8 Å². The summed E-state index contributed by atoms with van der Waals surface area (Å²) < 4.78 is 19.3. The molecular formula is C24H28FN5O3. The number of likely N-dealkylation sites (N-methyl/N-ethyl adjacent to an activating group) is 1. The molecule has 0 radical (unpaired) electrons. The minimum Gasteiger partial charge on any atom is -0.376 e. The van der Waals surface area contributed by atoms with Crippen molar-refractivity contribution in [2.24, 2.45) is 0 Å². The number of nitrogens with one attached hydrogen (secondary N) is 2. The van der Waals surface area contributed by atoms with E-state index >= 15 is 0 Å². The van der Waals surface area contributed by atoms with E-state index in [4.69, 9.17) is 4.74 Å². The summed E-state index contributed by atoms with van der Waals surface area (Å²) in [6.07, 6.45) is 2.49. The van der Waals surface area contributed by atoms with E-state index in [2.05, 4.69) is 15.2 Å². The summed E-state index contributed by atoms with van der Waals surface area (Å²) in [6, 6.07) is 6.04. The average Bonchev–Trinajstić information content (AvgIpc) is 3.29. The van der Waals surface area contributed by atoms with Gasteiger partial charge in [-0.1, -0.05) is 0 Å². The highest BCUT2D eigenvalue weighted by Crippen LogP contribution is 2.42. The van der Waals surface area contributed by atoms with E-state index in [0.717, 1.165) is 24.1 Å². The summed E-state index contributed by atoms with van der Waals surface area (Å²) in [4.78, 5) is 33.0. The van der Waals surface area contributed by atoms with E-state index in [9.17, 15) is 14.0 Å². The zero-order chi connectivity index (χ0) is 23.3. The third-order valence-corrected chi connectivity index (χ3v) is 6.77. The highest BCUT2D eigenvalue weighted by atomic mass is 19.1. The molecule has 0 spiro atoms. The zero-order valence-corrected chi connectivity index (χ0v) is 19.1. The molecule has 0 saturated heterocycles. The van der Waals surface area contributed by atoms with Gasteiger partial charge in [0.05, 0.1) is 24.8 Å². The van der Waals surface area contributed by atoms with Crippen molar-refractivity contribution in [2.75, 3.05) is 20.2 Å². The van der Waals surface area contributed by atoms with Gasteiger partial charge in [0.15, 0.2) is 5.69 Å². The zero-order valence-electron chi connectivity index (χ0n) is 19.1. The third-order valence-electron chi connectivity index (χ3n) is 6.77. The number of fused-ring (bicyclic) bond motifs is 2. The number of halogens is 1. The van der Waals surface area contributed by atoms with Gasteiger partial charge in [-0.2, -0.15) is 5.10 Å². The maximum atomic E-state index is 13.5. The van der Waals surface area contributed by atoms with Crippen LogP contribution in [0.4, 0.5) is 4.39 Å². The number of H-pyrrole nitrogens is 2. The Morgan fingerprint density at radius 1 is 1.30 bits per heavy atom. The van der Waals surface area contributed by atoms with Gasteiger partial charge in [-0.15, -0.1) is 0 Å². The molecule has 1 fully saturated rings. The van der Waals surface area contributed by atoms with Crippen LogP contribution in [0.3, 0.4) is 0 Å². The van der Waals surface area contributed by atoms with Crippen LogP contribution in [0.25, 0.3) is 10.9 Å². The number of hydrogen-bond acceptors (Lipinski definition) is 4. The van der Waals surface area contributed by atoms with E-state index in [1.54, 1.807) is 29.0 Å². The first-order valence-electron chi connectivity index (χ1n) is 11.3. The second-order valence-electron chi connectivity index (χ2n) is 9.37. The minimum absolute atomic E-state index is 0.102. The highest BCUT2D eigenvalue weighted by Gasteiger charge is 2.50. The van der Waals surface area contributed by atoms with Gasteiger partial charge in [0.25, 0.3) is 11.8 Å². The Morgan fingerprint density at radius 3 is 2.82 bits per heavy atom. The molecule has 3 aromatic rings. The lowest BCUT2D eigenvalue weighted by Gasteiger charge is -2.30. The van der Waals surface area contributed by atoms with Gasteiger partial charge in [-0.05, 0) is 51.0 Å². The summed E-state index contributed by atoms with van der Waals surface area (Å²) in [5.74, 6) is -0.692. The maximum absolute atomic E-state index is 13.5. The van der Waals surface area contributed by atoms with E-state index in [-0.39, 0.29) is 29.3 Å². The Morgan fingerprint density at radius 2 is 2.09 bits per heavy atom. The fraction of sp³-hybridized carbons (Fsp3) is 0.458. The molecule has 2 aromatic heterocycles. The highest BCUT2D eigenvalue weighted by molar-refractivity contribution is 5.99. The van der Waals surface area contributed by atoms with E-state index in [1.165, 1.54) is 12.1 Å². The number of aromatic amines is 2. The molecule has 1 aliphatic heterocycles. The van der Waals surface area contributed by atoms with Crippen molar-refractivity contribution in [3.8, 4) is 0 Å². The maximum Gasteiger partial charge on any atom is 0.274 e. The number of amides is 2. The molecule has 0 bridgehead atoms. The van der Waals surface area contributed by atoms with Crippen molar-refractivity contribution in [3.05, 3.63) is 52.7 Å². The summed E-state index contributed by atoms with van der Waals surface area (Å²) in [6.45, 7) is 5.27. The van der Waals surface area contributed by atoms with Crippen molar-refractivity contribution >= 4 is 22.7 Å². The second kappa shape index (κ2) is 7.98. The van der Waals surface area contributed by atoms with Gasteiger partial charge in [0, 0.05) is 42.2 Å². The first-order valence-corrected chi connectivity index (χ1v) is 11.3. The number of rotatable bonds is 6. The van der Waals surface area contributed by atoms with Crippen LogP contribution in [-0.2, 0) is 17.7 Å². The first kappa shape index (κ1) is 21.6. The predicted octanol–water partition coefficient (Wildman–Crippen LogP) is 3.26. The normalized spacial score (nSPS) is 16.8. The molecule has 9 heteroatoms. The molecule has 33 heavy (non-hydrogen) atoms. The van der Waals surface area contributed by atoms with Crippen molar-refractivity contribution in [1.82, 2.24) is 25.0 Å². The van der Waals surface area contributed by atoms with E-state index < -0.39 is 0 Å². The molecule has 0 unspecified atom stereocenters. The van der Waals surface area contributed by atoms with Gasteiger partial charge in [-0.25, -0.2) is 4.39 Å². The summed E-state index contributed by atoms with van der Waals surface area (Å²) in [5.41, 5.74) is 2.83. The number of hydrogen-bond donors (Lipinski definition) is 2. The quantitative estimate of drug-likeness (QED) is 0.599. The Kier molecular flexibility index (Phi) is 5.23. The molecule has 174 valence electrons. The van der Waals surface area contributed by atoms with Gasteiger partial charge in [0.2, 0.25) is 0 Å². The number of benzene rings is 1. The van der Waals surface area contributed by atoms with Crippen molar-refractivity contribution in [2.45, 2.75) is 51.3 Å². The van der Waals surface area contributed by atoms with Crippen molar-refractivity contribution in [3.63, 3.8) is 0 Å². The molecule has 2 N–H and O–H groups in total. The van der Waals surface area contributed by atoms with Crippen LogP contribution in [0.2, 0.25) is 0 Å². The molecule has 3 heterocycles. The van der Waals surface area contributed by atoms with Crippen LogP contribution >= 0.6 is 0 Å². The number of carbonyl (C=O) groups excluding carboxylic acids is 2. The van der Waals surface area contributed by atoms with Crippen LogP contribution in [-0.4, -0.2) is 68.6 Å². The second-order valence-corrected chi connectivity index (χ2v) is 9.37. The van der Waals surface area contributed by atoms with Gasteiger partial charge >= 0.3 is 0 Å². The molecule has 1 aromatic carbocycles. The smallest absolute Gasteiger partial charge is 0.274 e. The predicted molar refractivity (Wildman–Crippen MR) is 120 cm³/mol. The lowest BCUT2D eigenvalue weighted by Crippen LogP contribution is -2.43. The lowest BCUT2D eigenvalue weighted by atomic mass is 10.0. The van der Waals surface area contributed by atoms with Crippen LogP contribution in [0.5, 0.6) is 0 Å². The molecule has 2 amide bonds. The van der Waals surface area contributed by atoms with Gasteiger partial charge in [-0.3, -0.25) is 14.7 Å². The SMILES string of the molecule is CC(C)OCC1(N(C)C(=O)c2n[nH]c3c2CN(C(=O)c2cc4cc(F)ccc4[nH]2)CC3)CC1. The number of aromatic nitrogens is 3. The average molecular weight is 454 g/mol. The molecule has 5 rings (SSSR count). The lowest BCUT2D eigenvalue weighted by molar-refractivity contribution is 0.0200. The largest absolute Gasteiger partial charge is 0.376 e. The fourth-order valence-corrected chi connectivity index (χ4v) is 4.45. The first-order chi connectivity index (χ1) is 15.8. The Hall–Kier alpha value is -3.20. The summed E-state index contributed by atoms with van der Waals surface area (Å²) in [5, 5.41) is 7.97. The van der Waals surface area contributed by atoms with Crippen molar-refractivity contribution in [1.29, 1.82) is 0 Å². The van der Waals surface area contributed by atoms with Gasteiger partial charge < -0.3 is 19.5 Å². The monoisotopic (exact) mass is 453 g/mol. The number of nitrogens with zero attached hydrogens (tertiary/aromatic N) is 3. The van der Waals surface area contributed by atoms with Crippen LogP contribution in [0, 0.1) is 5.82 Å². The van der Waals surface area contributed by atoms with Crippen molar-refractivity contribution < 1.29 is 18.7 Å². The molecule has 1 aliphatic carbocycles. The van der Waals surface area contributed by atoms with Crippen LogP contribution in [0.1, 0.15) is 58.9 Å².